The van der Waals surface area contributed by atoms with E-state index in [1.54, 1.807) is 23.4 Å². The van der Waals surface area contributed by atoms with Gasteiger partial charge in [-0.25, -0.2) is 9.59 Å². The summed E-state index contributed by atoms with van der Waals surface area (Å²) in [7, 11) is 0. The molecular weight excluding hydrogens is 653 g/mol. The molecule has 0 unspecified atom stereocenters. The third-order valence-corrected chi connectivity index (χ3v) is 8.96. The Kier molecular flexibility index (Phi) is 12.4. The number of nitrogens with zero attached hydrogens (tertiary/aromatic N) is 3. The summed E-state index contributed by atoms with van der Waals surface area (Å²) >= 11 is 0. The van der Waals surface area contributed by atoms with E-state index in [-0.39, 0.29) is 30.9 Å². The molecule has 270 valence electrons. The van der Waals surface area contributed by atoms with Crippen LogP contribution in [0.4, 0.5) is 28.4 Å². The minimum Gasteiger partial charge on any atom is -0.444 e. The Hall–Kier alpha value is -4.86. The number of hydrogen-bond donors (Lipinski definition) is 1. The number of nitrogens with one attached hydrogen (secondary N) is 1. The fourth-order valence-corrected chi connectivity index (χ4v) is 6.29. The van der Waals surface area contributed by atoms with Crippen LogP contribution in [0.2, 0.25) is 0 Å². The molecule has 1 saturated carbocycles. The average molecular weight is 701 g/mol. The summed E-state index contributed by atoms with van der Waals surface area (Å²) in [5.74, 6) is 0. The molecule has 3 aromatic carbocycles. The van der Waals surface area contributed by atoms with Crippen molar-refractivity contribution in [2.24, 2.45) is 0 Å². The maximum atomic E-state index is 13.4. The fourth-order valence-electron chi connectivity index (χ4n) is 6.29. The van der Waals surface area contributed by atoms with Gasteiger partial charge in [0.25, 0.3) is 0 Å². The standard InChI is InChI=1S/C41H47F3N4O3/c1-40(2,3)51-39(50)48(37-11-7-5-4-6-8-12-37)29-31-15-19-34(20-16-31)33-17-13-30(14-18-33)27-47(28-32-10-9-25-45-26-32)38(49)46-36-23-21-35(22-24-36)41(42,43)44/h9-10,13-26,37H,4-8,11-12,27-29H2,1-3H3,(H,46,49). The van der Waals surface area contributed by atoms with Crippen LogP contribution in [0.5, 0.6) is 0 Å². The first-order valence-corrected chi connectivity index (χ1v) is 17.6. The number of anilines is 1. The Bertz CT molecular complexity index is 1700. The Morgan fingerprint density at radius 2 is 1.29 bits per heavy atom. The first-order valence-electron chi connectivity index (χ1n) is 17.6. The van der Waals surface area contributed by atoms with Crippen molar-refractivity contribution in [3.05, 3.63) is 120 Å². The smallest absolute Gasteiger partial charge is 0.416 e. The van der Waals surface area contributed by atoms with Crippen molar-refractivity contribution in [1.29, 1.82) is 0 Å². The molecule has 51 heavy (non-hydrogen) atoms. The van der Waals surface area contributed by atoms with E-state index in [0.29, 0.717) is 6.54 Å². The molecule has 10 heteroatoms. The van der Waals surface area contributed by atoms with Gasteiger partial charge in [0.2, 0.25) is 0 Å². The Labute approximate surface area is 298 Å². The zero-order chi connectivity index (χ0) is 36.4. The highest BCUT2D eigenvalue weighted by Crippen LogP contribution is 2.30. The van der Waals surface area contributed by atoms with E-state index in [1.807, 2.05) is 56.0 Å². The Morgan fingerprint density at radius 3 is 1.82 bits per heavy atom. The minimum atomic E-state index is -4.46. The number of alkyl halides is 3. The van der Waals surface area contributed by atoms with Gasteiger partial charge < -0.3 is 19.9 Å². The van der Waals surface area contributed by atoms with E-state index in [1.165, 1.54) is 31.4 Å². The summed E-state index contributed by atoms with van der Waals surface area (Å²) in [4.78, 5) is 34.4. The summed E-state index contributed by atoms with van der Waals surface area (Å²) in [6.07, 6.45) is 6.46. The number of amides is 3. The number of carbonyl (C=O) groups excluding carboxylic acids is 2. The van der Waals surface area contributed by atoms with E-state index in [2.05, 4.69) is 34.6 Å². The van der Waals surface area contributed by atoms with E-state index >= 15 is 0 Å². The molecule has 7 nitrogen and oxygen atoms in total. The lowest BCUT2D eigenvalue weighted by atomic mass is 9.95. The molecule has 1 N–H and O–H groups in total. The molecule has 1 heterocycles. The fraction of sp³-hybridized carbons (Fsp3) is 0.390. The average Bonchev–Trinajstić information content (AvgIpc) is 3.07. The lowest BCUT2D eigenvalue weighted by Gasteiger charge is -2.34. The number of ether oxygens (including phenoxy) is 1. The molecular formula is C41H47F3N4O3. The Balaban J connectivity index is 1.27. The van der Waals surface area contributed by atoms with Gasteiger partial charge in [-0.1, -0.05) is 86.7 Å². The van der Waals surface area contributed by atoms with Gasteiger partial charge in [-0.2, -0.15) is 13.2 Å². The summed E-state index contributed by atoms with van der Waals surface area (Å²) in [6, 6.07) is 23.9. The van der Waals surface area contributed by atoms with Crippen molar-refractivity contribution in [2.75, 3.05) is 5.32 Å². The van der Waals surface area contributed by atoms with Gasteiger partial charge in [0, 0.05) is 43.8 Å². The number of benzene rings is 3. The lowest BCUT2D eigenvalue weighted by molar-refractivity contribution is -0.137. The molecule has 1 aromatic heterocycles. The van der Waals surface area contributed by atoms with Gasteiger partial charge >= 0.3 is 18.3 Å². The van der Waals surface area contributed by atoms with Crippen LogP contribution in [0.25, 0.3) is 11.1 Å². The molecule has 4 aromatic rings. The molecule has 1 aliphatic rings. The second kappa shape index (κ2) is 16.9. The maximum absolute atomic E-state index is 13.4. The van der Waals surface area contributed by atoms with E-state index in [0.717, 1.165) is 65.6 Å². The van der Waals surface area contributed by atoms with Crippen LogP contribution in [0.1, 0.15) is 88.0 Å². The van der Waals surface area contributed by atoms with Crippen molar-refractivity contribution in [3.8, 4) is 11.1 Å². The first-order chi connectivity index (χ1) is 24.3. The summed E-state index contributed by atoms with van der Waals surface area (Å²) in [5, 5.41) is 2.73. The predicted octanol–water partition coefficient (Wildman–Crippen LogP) is 10.9. The van der Waals surface area contributed by atoms with Crippen LogP contribution in [0, 0.1) is 0 Å². The van der Waals surface area contributed by atoms with Crippen molar-refractivity contribution >= 4 is 17.8 Å². The number of aromatic nitrogens is 1. The Morgan fingerprint density at radius 1 is 0.745 bits per heavy atom. The summed E-state index contributed by atoms with van der Waals surface area (Å²) < 4.78 is 44.9. The van der Waals surface area contributed by atoms with Crippen molar-refractivity contribution < 1.29 is 27.5 Å². The van der Waals surface area contributed by atoms with Crippen LogP contribution in [0.15, 0.2) is 97.3 Å². The third kappa shape index (κ3) is 11.3. The molecule has 0 aliphatic heterocycles. The zero-order valence-corrected chi connectivity index (χ0v) is 29.6. The number of carbonyl (C=O) groups is 2. The van der Waals surface area contributed by atoms with E-state index in [9.17, 15) is 22.8 Å². The summed E-state index contributed by atoms with van der Waals surface area (Å²) in [5.41, 5.74) is 3.67. The largest absolute Gasteiger partial charge is 0.444 e. The van der Waals surface area contributed by atoms with Crippen molar-refractivity contribution in [3.63, 3.8) is 0 Å². The van der Waals surface area contributed by atoms with Gasteiger partial charge in [0.15, 0.2) is 0 Å². The molecule has 1 fully saturated rings. The van der Waals surface area contributed by atoms with E-state index < -0.39 is 23.4 Å². The van der Waals surface area contributed by atoms with Crippen molar-refractivity contribution in [1.82, 2.24) is 14.8 Å². The third-order valence-electron chi connectivity index (χ3n) is 8.96. The second-order valence-corrected chi connectivity index (χ2v) is 14.2. The second-order valence-electron chi connectivity index (χ2n) is 14.2. The molecule has 0 spiro atoms. The minimum absolute atomic E-state index is 0.155. The molecule has 3 amide bonds. The number of pyridine rings is 1. The monoisotopic (exact) mass is 700 g/mol. The predicted molar refractivity (Wildman–Crippen MR) is 194 cm³/mol. The van der Waals surface area contributed by atoms with Crippen LogP contribution in [-0.2, 0) is 30.5 Å². The molecule has 0 atom stereocenters. The number of halogens is 3. The van der Waals surface area contributed by atoms with Crippen LogP contribution < -0.4 is 5.32 Å². The number of hydrogen-bond acceptors (Lipinski definition) is 4. The number of urea groups is 1. The lowest BCUT2D eigenvalue weighted by Crippen LogP contribution is -2.43. The molecule has 0 saturated heterocycles. The SMILES string of the molecule is CC(C)(C)OC(=O)N(Cc1ccc(-c2ccc(CN(Cc3cccnc3)C(=O)Nc3ccc(C(F)(F)F)cc3)cc2)cc1)C1CCCCCCC1. The normalized spacial score (nSPS) is 14.2. The van der Waals surface area contributed by atoms with E-state index in [4.69, 9.17) is 4.74 Å². The topological polar surface area (TPSA) is 74.8 Å². The highest BCUT2D eigenvalue weighted by atomic mass is 19.4. The maximum Gasteiger partial charge on any atom is 0.416 e. The van der Waals surface area contributed by atoms with Gasteiger partial charge in [-0.05, 0) is 91.8 Å². The van der Waals surface area contributed by atoms with Gasteiger partial charge in [-0.15, -0.1) is 0 Å². The van der Waals surface area contributed by atoms with Crippen molar-refractivity contribution in [2.45, 2.75) is 103 Å². The number of rotatable bonds is 9. The highest BCUT2D eigenvalue weighted by Gasteiger charge is 2.30. The van der Waals surface area contributed by atoms with Gasteiger partial charge in [0.1, 0.15) is 5.60 Å². The van der Waals surface area contributed by atoms with Crippen LogP contribution in [0.3, 0.4) is 0 Å². The molecule has 0 radical (unpaired) electrons. The van der Waals surface area contributed by atoms with Gasteiger partial charge in [-0.3, -0.25) is 4.98 Å². The quantitative estimate of drug-likeness (QED) is 0.189. The highest BCUT2D eigenvalue weighted by molar-refractivity contribution is 5.89. The van der Waals surface area contributed by atoms with Crippen LogP contribution in [-0.4, -0.2) is 38.6 Å². The molecule has 5 rings (SSSR count). The van der Waals surface area contributed by atoms with Crippen LogP contribution >= 0.6 is 0 Å². The zero-order valence-electron chi connectivity index (χ0n) is 29.6. The molecule has 1 aliphatic carbocycles. The van der Waals surface area contributed by atoms with Gasteiger partial charge in [0.05, 0.1) is 5.56 Å². The molecule has 0 bridgehead atoms. The first kappa shape index (κ1) is 37.4. The summed E-state index contributed by atoms with van der Waals surface area (Å²) in [6.45, 7) is 6.71.